The van der Waals surface area contributed by atoms with Crippen LogP contribution in [0.5, 0.6) is 0 Å². The highest BCUT2D eigenvalue weighted by Gasteiger charge is 2.31. The Morgan fingerprint density at radius 1 is 1.36 bits per heavy atom. The van der Waals surface area contributed by atoms with Gasteiger partial charge in [-0.2, -0.15) is 0 Å². The number of benzene rings is 1. The van der Waals surface area contributed by atoms with Crippen molar-refractivity contribution in [3.8, 4) is 0 Å². The van der Waals surface area contributed by atoms with Crippen LogP contribution in [-0.2, 0) is 14.6 Å². The normalized spacial score (nSPS) is 18.5. The van der Waals surface area contributed by atoms with Crippen LogP contribution in [0.4, 0.5) is 10.1 Å². The van der Waals surface area contributed by atoms with E-state index in [1.807, 2.05) is 0 Å². The quantitative estimate of drug-likeness (QED) is 0.686. The summed E-state index contributed by atoms with van der Waals surface area (Å²) < 4.78 is 35.6. The van der Waals surface area contributed by atoms with E-state index in [0.717, 1.165) is 12.1 Å². The number of nitrogens with one attached hydrogen (secondary N) is 1. The van der Waals surface area contributed by atoms with Crippen molar-refractivity contribution in [2.75, 3.05) is 11.9 Å². The molecular formula is C8H6FNO3S. The number of fused-ring (bicyclic) bond motifs is 1. The largest absolute Gasteiger partial charge is 0.376 e. The monoisotopic (exact) mass is 215 g/mol. The van der Waals surface area contributed by atoms with Crippen LogP contribution in [0.3, 0.4) is 0 Å². The molecule has 0 saturated carbocycles. The first-order chi connectivity index (χ1) is 6.51. The van der Waals surface area contributed by atoms with Gasteiger partial charge in [-0.1, -0.05) is 0 Å². The Labute approximate surface area is 79.7 Å². The molecule has 74 valence electrons. The van der Waals surface area contributed by atoms with Gasteiger partial charge in [0, 0.05) is 0 Å². The fraction of sp³-hybridized carbons (Fsp3) is 0.125. The standard InChI is InChI=1S/C8H6FNO3S/c9-5-1-2-6-7(3-5)14(12,13)8(11)4-10-6/h1-3,10H,4H2. The Kier molecular flexibility index (Phi) is 1.81. The second-order valence-corrected chi connectivity index (χ2v) is 4.77. The third kappa shape index (κ3) is 1.19. The van der Waals surface area contributed by atoms with Gasteiger partial charge in [0.05, 0.1) is 12.2 Å². The van der Waals surface area contributed by atoms with Crippen molar-refractivity contribution in [1.29, 1.82) is 0 Å². The predicted molar refractivity (Wildman–Crippen MR) is 47.1 cm³/mol. The lowest BCUT2D eigenvalue weighted by Crippen LogP contribution is -2.29. The van der Waals surface area contributed by atoms with Gasteiger partial charge in [0.25, 0.3) is 5.12 Å². The van der Waals surface area contributed by atoms with E-state index >= 15 is 0 Å². The molecule has 2 rings (SSSR count). The van der Waals surface area contributed by atoms with Crippen molar-refractivity contribution in [1.82, 2.24) is 0 Å². The first-order valence-corrected chi connectivity index (χ1v) is 5.31. The zero-order valence-electron chi connectivity index (χ0n) is 6.95. The second kappa shape index (κ2) is 2.78. The summed E-state index contributed by atoms with van der Waals surface area (Å²) in [5, 5.41) is 1.67. The SMILES string of the molecule is O=C1CNc2ccc(F)cc2S1(=O)=O. The third-order valence-electron chi connectivity index (χ3n) is 1.96. The molecule has 1 N–H and O–H groups in total. The summed E-state index contributed by atoms with van der Waals surface area (Å²) in [6.07, 6.45) is 0. The number of anilines is 1. The Hall–Kier alpha value is -1.43. The fourth-order valence-electron chi connectivity index (χ4n) is 1.25. The molecule has 1 aromatic carbocycles. The number of hydrogen-bond acceptors (Lipinski definition) is 4. The van der Waals surface area contributed by atoms with Crippen molar-refractivity contribution in [3.05, 3.63) is 24.0 Å². The predicted octanol–water partition coefficient (Wildman–Crippen LogP) is 0.552. The molecule has 0 aliphatic carbocycles. The lowest BCUT2D eigenvalue weighted by atomic mass is 10.3. The summed E-state index contributed by atoms with van der Waals surface area (Å²) in [4.78, 5) is 10.7. The van der Waals surface area contributed by atoms with Gasteiger partial charge in [0.15, 0.2) is 0 Å². The molecule has 1 aliphatic rings. The lowest BCUT2D eigenvalue weighted by molar-refractivity contribution is -0.110. The first kappa shape index (κ1) is 9.14. The van der Waals surface area contributed by atoms with E-state index < -0.39 is 20.8 Å². The lowest BCUT2D eigenvalue weighted by Gasteiger charge is -2.16. The van der Waals surface area contributed by atoms with Crippen molar-refractivity contribution in [2.45, 2.75) is 4.90 Å². The Balaban J connectivity index is 2.74. The Morgan fingerprint density at radius 2 is 2.07 bits per heavy atom. The van der Waals surface area contributed by atoms with E-state index in [9.17, 15) is 17.6 Å². The summed E-state index contributed by atoms with van der Waals surface area (Å²) in [5.41, 5.74) is 0.269. The van der Waals surface area contributed by atoms with Gasteiger partial charge in [-0.05, 0) is 18.2 Å². The summed E-state index contributed by atoms with van der Waals surface area (Å²) in [6, 6.07) is 3.28. The van der Waals surface area contributed by atoms with Crippen LogP contribution in [0.15, 0.2) is 23.1 Å². The number of rotatable bonds is 0. The summed E-state index contributed by atoms with van der Waals surface area (Å²) in [6.45, 7) is -0.263. The van der Waals surface area contributed by atoms with E-state index in [-0.39, 0.29) is 17.1 Å². The van der Waals surface area contributed by atoms with E-state index in [0.29, 0.717) is 0 Å². The topological polar surface area (TPSA) is 63.2 Å². The van der Waals surface area contributed by atoms with Gasteiger partial charge >= 0.3 is 0 Å². The van der Waals surface area contributed by atoms with E-state index in [1.54, 1.807) is 0 Å². The number of carbonyl (C=O) groups excluding carboxylic acids is 1. The maximum atomic E-state index is 12.8. The maximum Gasteiger partial charge on any atom is 0.270 e. The van der Waals surface area contributed by atoms with Crippen molar-refractivity contribution in [2.24, 2.45) is 0 Å². The minimum Gasteiger partial charge on any atom is -0.376 e. The molecule has 4 nitrogen and oxygen atoms in total. The molecule has 0 fully saturated rings. The zero-order valence-corrected chi connectivity index (χ0v) is 7.77. The molecule has 1 heterocycles. The van der Waals surface area contributed by atoms with Crippen LogP contribution in [0.1, 0.15) is 0 Å². The average molecular weight is 215 g/mol. The van der Waals surface area contributed by atoms with Gasteiger partial charge in [-0.3, -0.25) is 4.79 Å². The van der Waals surface area contributed by atoms with Gasteiger partial charge in [0.1, 0.15) is 10.7 Å². The Morgan fingerprint density at radius 3 is 2.79 bits per heavy atom. The Bertz CT molecular complexity index is 509. The number of hydrogen-bond donors (Lipinski definition) is 1. The third-order valence-corrected chi connectivity index (χ3v) is 3.62. The minimum atomic E-state index is -3.98. The molecule has 0 atom stereocenters. The second-order valence-electron chi connectivity index (χ2n) is 2.87. The van der Waals surface area contributed by atoms with Crippen LogP contribution < -0.4 is 5.32 Å². The van der Waals surface area contributed by atoms with Crippen LogP contribution in [-0.4, -0.2) is 20.1 Å². The highest BCUT2D eigenvalue weighted by Crippen LogP contribution is 2.27. The smallest absolute Gasteiger partial charge is 0.270 e. The number of sulfone groups is 1. The van der Waals surface area contributed by atoms with Crippen LogP contribution in [0.2, 0.25) is 0 Å². The van der Waals surface area contributed by atoms with Crippen LogP contribution in [0.25, 0.3) is 0 Å². The van der Waals surface area contributed by atoms with Gasteiger partial charge in [-0.15, -0.1) is 0 Å². The molecule has 1 aromatic rings. The summed E-state index contributed by atoms with van der Waals surface area (Å²) >= 11 is 0. The molecule has 0 amide bonds. The first-order valence-electron chi connectivity index (χ1n) is 3.83. The molecule has 6 heteroatoms. The molecule has 0 bridgehead atoms. The molecule has 0 aromatic heterocycles. The molecule has 0 radical (unpaired) electrons. The zero-order chi connectivity index (χ0) is 10.3. The van der Waals surface area contributed by atoms with Gasteiger partial charge in [0.2, 0.25) is 9.84 Å². The molecule has 14 heavy (non-hydrogen) atoms. The average Bonchev–Trinajstić information content (AvgIpc) is 2.13. The number of halogens is 1. The minimum absolute atomic E-state index is 0.263. The van der Waals surface area contributed by atoms with Gasteiger partial charge in [-0.25, -0.2) is 12.8 Å². The van der Waals surface area contributed by atoms with E-state index in [4.69, 9.17) is 0 Å². The van der Waals surface area contributed by atoms with Crippen molar-refractivity contribution in [3.63, 3.8) is 0 Å². The van der Waals surface area contributed by atoms with Crippen LogP contribution in [0, 0.1) is 5.82 Å². The van der Waals surface area contributed by atoms with Gasteiger partial charge < -0.3 is 5.32 Å². The highest BCUT2D eigenvalue weighted by molar-refractivity contribution is 8.06. The summed E-state index contributed by atoms with van der Waals surface area (Å²) in [7, 11) is -3.98. The molecule has 0 saturated heterocycles. The molecular weight excluding hydrogens is 209 g/mol. The fourth-order valence-corrected chi connectivity index (χ4v) is 2.45. The molecule has 0 spiro atoms. The van der Waals surface area contributed by atoms with Crippen LogP contribution >= 0.6 is 0 Å². The van der Waals surface area contributed by atoms with Crippen molar-refractivity contribution >= 4 is 20.6 Å². The highest BCUT2D eigenvalue weighted by atomic mass is 32.2. The maximum absolute atomic E-state index is 12.8. The van der Waals surface area contributed by atoms with E-state index in [2.05, 4.69) is 5.32 Å². The molecule has 0 unspecified atom stereocenters. The number of carbonyl (C=O) groups is 1. The van der Waals surface area contributed by atoms with Crippen molar-refractivity contribution < 1.29 is 17.6 Å². The molecule has 1 aliphatic heterocycles. The van der Waals surface area contributed by atoms with E-state index in [1.165, 1.54) is 6.07 Å². The summed E-state index contributed by atoms with van der Waals surface area (Å²) in [5.74, 6) is -0.677.